The van der Waals surface area contributed by atoms with Gasteiger partial charge in [0, 0.05) is 13.8 Å². The molecule has 2 atom stereocenters. The van der Waals surface area contributed by atoms with Crippen molar-refractivity contribution in [1.29, 1.82) is 0 Å². The van der Waals surface area contributed by atoms with E-state index in [0.29, 0.717) is 13.2 Å². The molecule has 0 radical (unpaired) electrons. The Hall–Kier alpha value is -1.86. The third-order valence-corrected chi connectivity index (χ3v) is 2.40. The van der Waals surface area contributed by atoms with Crippen molar-refractivity contribution in [3.8, 4) is 0 Å². The fourth-order valence-electron chi connectivity index (χ4n) is 1.31. The predicted octanol–water partition coefficient (Wildman–Crippen LogP) is 1.97. The van der Waals surface area contributed by atoms with Crippen LogP contribution in [-0.2, 0) is 33.3 Å². The molecule has 2 unspecified atom stereocenters. The van der Waals surface area contributed by atoms with Crippen molar-refractivity contribution in [2.45, 2.75) is 39.9 Å². The van der Waals surface area contributed by atoms with Gasteiger partial charge in [-0.15, -0.1) is 0 Å². The van der Waals surface area contributed by atoms with Crippen LogP contribution in [0.3, 0.4) is 0 Å². The number of rotatable bonds is 12. The summed E-state index contributed by atoms with van der Waals surface area (Å²) in [5.74, 6) is -0.649. The first-order valence-electron chi connectivity index (χ1n) is 7.40. The molecule has 23 heavy (non-hydrogen) atoms. The van der Waals surface area contributed by atoms with Gasteiger partial charge >= 0.3 is 11.9 Å². The van der Waals surface area contributed by atoms with Crippen molar-refractivity contribution in [2.75, 3.05) is 26.4 Å². The Morgan fingerprint density at radius 1 is 0.783 bits per heavy atom. The summed E-state index contributed by atoms with van der Waals surface area (Å²) in [5, 5.41) is 0. The lowest BCUT2D eigenvalue weighted by atomic mass is 10.4. The number of ether oxygens (including phenoxy) is 5. The normalized spacial score (nSPS) is 13.9. The van der Waals surface area contributed by atoms with Crippen molar-refractivity contribution >= 4 is 11.9 Å². The zero-order valence-electron chi connectivity index (χ0n) is 14.2. The van der Waals surface area contributed by atoms with E-state index in [-0.39, 0.29) is 37.4 Å². The molecule has 0 heterocycles. The van der Waals surface area contributed by atoms with E-state index in [1.807, 2.05) is 13.8 Å². The second kappa shape index (κ2) is 13.8. The number of hydrogen-bond acceptors (Lipinski definition) is 7. The van der Waals surface area contributed by atoms with Crippen LogP contribution >= 0.6 is 0 Å². The van der Waals surface area contributed by atoms with E-state index in [9.17, 15) is 9.59 Å². The molecule has 0 spiro atoms. The van der Waals surface area contributed by atoms with E-state index >= 15 is 0 Å². The zero-order valence-corrected chi connectivity index (χ0v) is 14.2. The molecule has 0 N–H and O–H groups in total. The summed E-state index contributed by atoms with van der Waals surface area (Å²) < 4.78 is 25.4. The van der Waals surface area contributed by atoms with Crippen LogP contribution in [0.15, 0.2) is 24.7 Å². The Labute approximate surface area is 137 Å². The predicted molar refractivity (Wildman–Crippen MR) is 83.5 cm³/mol. The maximum atomic E-state index is 10.5. The molecular formula is C16H26O7. The summed E-state index contributed by atoms with van der Waals surface area (Å²) in [4.78, 5) is 21.1. The molecule has 0 aromatic rings. The molecular weight excluding hydrogens is 304 g/mol. The first-order valence-corrected chi connectivity index (χ1v) is 7.40. The van der Waals surface area contributed by atoms with Crippen LogP contribution in [0.2, 0.25) is 0 Å². The molecule has 0 aromatic heterocycles. The molecule has 0 saturated heterocycles. The fraction of sp³-hybridized carbons (Fsp3) is 0.625. The van der Waals surface area contributed by atoms with Gasteiger partial charge in [0.15, 0.2) is 0 Å². The van der Waals surface area contributed by atoms with Crippen LogP contribution < -0.4 is 0 Å². The third-order valence-electron chi connectivity index (χ3n) is 2.40. The van der Waals surface area contributed by atoms with Crippen molar-refractivity contribution < 1.29 is 33.3 Å². The average Bonchev–Trinajstić information content (AvgIpc) is 2.47. The van der Waals surface area contributed by atoms with Crippen LogP contribution in [0, 0.1) is 0 Å². The smallest absolute Gasteiger partial charge is 0.302 e. The lowest BCUT2D eigenvalue weighted by Gasteiger charge is -2.09. The average molecular weight is 330 g/mol. The Morgan fingerprint density at radius 2 is 1.17 bits per heavy atom. The number of carbonyl (C=O) groups excluding carboxylic acids is 2. The van der Waals surface area contributed by atoms with E-state index in [1.54, 1.807) is 12.2 Å². The van der Waals surface area contributed by atoms with Gasteiger partial charge in [0.25, 0.3) is 0 Å². The lowest BCUT2D eigenvalue weighted by Crippen LogP contribution is -2.12. The minimum atomic E-state index is -0.325. The molecule has 0 bridgehead atoms. The van der Waals surface area contributed by atoms with Gasteiger partial charge in [-0.1, -0.05) is 0 Å². The van der Waals surface area contributed by atoms with E-state index in [1.165, 1.54) is 26.4 Å². The van der Waals surface area contributed by atoms with Gasteiger partial charge < -0.3 is 23.7 Å². The molecule has 132 valence electrons. The molecule has 7 nitrogen and oxygen atoms in total. The Morgan fingerprint density at radius 3 is 1.52 bits per heavy atom. The molecule has 0 aliphatic carbocycles. The third kappa shape index (κ3) is 16.3. The zero-order chi connectivity index (χ0) is 17.5. The Kier molecular flexibility index (Phi) is 12.7. The molecule has 0 amide bonds. The molecule has 0 aliphatic rings. The summed E-state index contributed by atoms with van der Waals surface area (Å²) in [6.07, 6.45) is 6.14. The molecule has 0 saturated carbocycles. The quantitative estimate of drug-likeness (QED) is 0.307. The molecule has 7 heteroatoms. The maximum absolute atomic E-state index is 10.5. The number of hydrogen-bond donors (Lipinski definition) is 0. The standard InChI is InChI=1S/C16H26O7/c1-13(20-9-11-22-15(3)17)5-7-19-8-6-14(2)21-10-12-23-16(4)18/h5-8,13-14H,9-12H2,1-4H3. The first kappa shape index (κ1) is 21.1. The SMILES string of the molecule is CC(=O)OCCOC(C)C=COC=CC(C)OCCOC(C)=O. The topological polar surface area (TPSA) is 80.3 Å². The summed E-state index contributed by atoms with van der Waals surface area (Å²) in [6.45, 7) is 7.51. The van der Waals surface area contributed by atoms with Crippen LogP contribution in [0.25, 0.3) is 0 Å². The van der Waals surface area contributed by atoms with Crippen LogP contribution in [0.5, 0.6) is 0 Å². The van der Waals surface area contributed by atoms with Gasteiger partial charge in [-0.3, -0.25) is 9.59 Å². The summed E-state index contributed by atoms with van der Waals surface area (Å²) in [6, 6.07) is 0. The Bertz CT molecular complexity index is 354. The van der Waals surface area contributed by atoms with E-state index in [2.05, 4.69) is 0 Å². The van der Waals surface area contributed by atoms with Gasteiger partial charge in [-0.25, -0.2) is 0 Å². The molecule has 0 aliphatic heterocycles. The molecule has 0 fully saturated rings. The highest BCUT2D eigenvalue weighted by atomic mass is 16.6. The van der Waals surface area contributed by atoms with Crippen LogP contribution in [0.4, 0.5) is 0 Å². The van der Waals surface area contributed by atoms with Crippen molar-refractivity contribution in [3.05, 3.63) is 24.7 Å². The van der Waals surface area contributed by atoms with Gasteiger partial charge in [-0.2, -0.15) is 0 Å². The van der Waals surface area contributed by atoms with E-state index in [4.69, 9.17) is 23.7 Å². The van der Waals surface area contributed by atoms with Crippen LogP contribution in [0.1, 0.15) is 27.7 Å². The maximum Gasteiger partial charge on any atom is 0.302 e. The monoisotopic (exact) mass is 330 g/mol. The highest BCUT2D eigenvalue weighted by molar-refractivity contribution is 5.66. The van der Waals surface area contributed by atoms with Crippen molar-refractivity contribution in [2.24, 2.45) is 0 Å². The van der Waals surface area contributed by atoms with E-state index < -0.39 is 0 Å². The highest BCUT2D eigenvalue weighted by Gasteiger charge is 1.99. The molecule has 0 aromatic carbocycles. The summed E-state index contributed by atoms with van der Waals surface area (Å²) >= 11 is 0. The first-order chi connectivity index (χ1) is 10.9. The minimum Gasteiger partial charge on any atom is -0.473 e. The lowest BCUT2D eigenvalue weighted by molar-refractivity contribution is -0.143. The largest absolute Gasteiger partial charge is 0.473 e. The Balaban J connectivity index is 3.65. The summed E-state index contributed by atoms with van der Waals surface area (Å²) in [5.41, 5.74) is 0. The van der Waals surface area contributed by atoms with Crippen molar-refractivity contribution in [3.63, 3.8) is 0 Å². The van der Waals surface area contributed by atoms with Crippen molar-refractivity contribution in [1.82, 2.24) is 0 Å². The van der Waals surface area contributed by atoms with Gasteiger partial charge in [0.2, 0.25) is 0 Å². The minimum absolute atomic E-state index is 0.156. The number of carbonyl (C=O) groups is 2. The second-order valence-corrected chi connectivity index (χ2v) is 4.63. The van der Waals surface area contributed by atoms with Gasteiger partial charge in [0.05, 0.1) is 37.9 Å². The van der Waals surface area contributed by atoms with Gasteiger partial charge in [0.1, 0.15) is 13.2 Å². The fourth-order valence-corrected chi connectivity index (χ4v) is 1.31. The van der Waals surface area contributed by atoms with Crippen LogP contribution in [-0.4, -0.2) is 50.6 Å². The van der Waals surface area contributed by atoms with E-state index in [0.717, 1.165) is 0 Å². The van der Waals surface area contributed by atoms with Gasteiger partial charge in [-0.05, 0) is 26.0 Å². The second-order valence-electron chi connectivity index (χ2n) is 4.63. The highest BCUT2D eigenvalue weighted by Crippen LogP contribution is 1.97. The summed E-state index contributed by atoms with van der Waals surface area (Å²) in [7, 11) is 0. The molecule has 0 rings (SSSR count). The number of esters is 2.